The van der Waals surface area contributed by atoms with E-state index in [0.29, 0.717) is 22.8 Å². The van der Waals surface area contributed by atoms with Crippen molar-refractivity contribution in [3.63, 3.8) is 0 Å². The zero-order chi connectivity index (χ0) is 19.7. The smallest absolute Gasteiger partial charge is 0.269 e. The van der Waals surface area contributed by atoms with Crippen LogP contribution in [0.4, 0.5) is 17.5 Å². The molecule has 1 aliphatic rings. The summed E-state index contributed by atoms with van der Waals surface area (Å²) in [7, 11) is 3.72. The molecule has 0 spiro atoms. The number of anilines is 3. The van der Waals surface area contributed by atoms with Gasteiger partial charge in [-0.1, -0.05) is 0 Å². The standard InChI is InChI=1S/C19H20N8O/c1-25-5-7-27(8-6-25)15-3-4-16(21-12-15)23-19-22-11-14-9-13(10-20)18(28)26(2)17(14)24-19/h3-4,9,11-12H,5-8H2,1-2H3,(H,21,22,23,24). The number of pyridine rings is 2. The minimum Gasteiger partial charge on any atom is -0.368 e. The highest BCUT2D eigenvalue weighted by Crippen LogP contribution is 2.19. The largest absolute Gasteiger partial charge is 0.368 e. The highest BCUT2D eigenvalue weighted by Gasteiger charge is 2.14. The van der Waals surface area contributed by atoms with E-state index in [9.17, 15) is 4.79 Å². The van der Waals surface area contributed by atoms with Gasteiger partial charge in [-0.25, -0.2) is 9.97 Å². The number of fused-ring (bicyclic) bond motifs is 1. The fourth-order valence-electron chi connectivity index (χ4n) is 3.21. The second-order valence-corrected chi connectivity index (χ2v) is 6.82. The number of rotatable bonds is 3. The van der Waals surface area contributed by atoms with Crippen LogP contribution in [0.5, 0.6) is 0 Å². The molecule has 9 nitrogen and oxygen atoms in total. The molecular weight excluding hydrogens is 356 g/mol. The molecule has 9 heteroatoms. The van der Waals surface area contributed by atoms with E-state index in [2.05, 4.69) is 37.1 Å². The first kappa shape index (κ1) is 17.9. The summed E-state index contributed by atoms with van der Waals surface area (Å²) in [6.07, 6.45) is 3.42. The van der Waals surface area contributed by atoms with Gasteiger partial charge in [0.1, 0.15) is 23.1 Å². The summed E-state index contributed by atoms with van der Waals surface area (Å²) < 4.78 is 1.35. The van der Waals surface area contributed by atoms with Gasteiger partial charge in [0.15, 0.2) is 0 Å². The van der Waals surface area contributed by atoms with Crippen molar-refractivity contribution in [3.8, 4) is 6.07 Å². The van der Waals surface area contributed by atoms with Gasteiger partial charge in [0.25, 0.3) is 5.56 Å². The molecule has 28 heavy (non-hydrogen) atoms. The predicted molar refractivity (Wildman–Crippen MR) is 107 cm³/mol. The summed E-state index contributed by atoms with van der Waals surface area (Å²) in [4.78, 5) is 29.9. The Morgan fingerprint density at radius 1 is 1.11 bits per heavy atom. The lowest BCUT2D eigenvalue weighted by Crippen LogP contribution is -2.44. The van der Waals surface area contributed by atoms with Crippen molar-refractivity contribution < 1.29 is 0 Å². The van der Waals surface area contributed by atoms with E-state index >= 15 is 0 Å². The van der Waals surface area contributed by atoms with Gasteiger partial charge in [-0.15, -0.1) is 0 Å². The van der Waals surface area contributed by atoms with E-state index in [0.717, 1.165) is 31.9 Å². The van der Waals surface area contributed by atoms with Gasteiger partial charge in [0.2, 0.25) is 5.95 Å². The van der Waals surface area contributed by atoms with Crippen molar-refractivity contribution in [1.82, 2.24) is 24.4 Å². The summed E-state index contributed by atoms with van der Waals surface area (Å²) in [5.74, 6) is 0.961. The topological polar surface area (TPSA) is 103 Å². The van der Waals surface area contributed by atoms with Crippen LogP contribution >= 0.6 is 0 Å². The Balaban J connectivity index is 1.56. The minimum absolute atomic E-state index is 0.0699. The summed E-state index contributed by atoms with van der Waals surface area (Å²) >= 11 is 0. The monoisotopic (exact) mass is 376 g/mol. The molecule has 0 bridgehead atoms. The number of nitrogens with zero attached hydrogens (tertiary/aromatic N) is 7. The van der Waals surface area contributed by atoms with Gasteiger partial charge in [-0.3, -0.25) is 9.36 Å². The van der Waals surface area contributed by atoms with Crippen LogP contribution in [0.2, 0.25) is 0 Å². The average molecular weight is 376 g/mol. The van der Waals surface area contributed by atoms with Crippen LogP contribution in [-0.4, -0.2) is 57.6 Å². The molecule has 0 aromatic carbocycles. The fourth-order valence-corrected chi connectivity index (χ4v) is 3.21. The third-order valence-corrected chi connectivity index (χ3v) is 4.93. The number of aromatic nitrogens is 4. The van der Waals surface area contributed by atoms with E-state index in [-0.39, 0.29) is 11.1 Å². The molecule has 1 aliphatic heterocycles. The fraction of sp³-hybridized carbons (Fsp3) is 0.316. The number of aryl methyl sites for hydroxylation is 1. The Labute approximate surface area is 161 Å². The van der Waals surface area contributed by atoms with E-state index in [1.807, 2.05) is 24.4 Å². The number of likely N-dealkylation sites (N-methyl/N-ethyl adjacent to an activating group) is 1. The number of hydrogen-bond acceptors (Lipinski definition) is 8. The van der Waals surface area contributed by atoms with E-state index in [1.165, 1.54) is 10.6 Å². The van der Waals surface area contributed by atoms with Gasteiger partial charge < -0.3 is 15.1 Å². The lowest BCUT2D eigenvalue weighted by atomic mass is 10.2. The third kappa shape index (κ3) is 3.37. The maximum atomic E-state index is 12.1. The van der Waals surface area contributed by atoms with Crippen LogP contribution in [0.3, 0.4) is 0 Å². The number of hydrogen-bond donors (Lipinski definition) is 1. The molecule has 0 radical (unpaired) electrons. The molecular formula is C19H20N8O. The Bertz CT molecular complexity index is 1110. The first-order valence-electron chi connectivity index (χ1n) is 8.98. The second kappa shape index (κ2) is 7.25. The minimum atomic E-state index is -0.380. The second-order valence-electron chi connectivity index (χ2n) is 6.82. The van der Waals surface area contributed by atoms with Crippen LogP contribution in [0.1, 0.15) is 5.56 Å². The molecule has 142 valence electrons. The van der Waals surface area contributed by atoms with Gasteiger partial charge >= 0.3 is 0 Å². The lowest BCUT2D eigenvalue weighted by Gasteiger charge is -2.33. The SMILES string of the molecule is CN1CCN(c2ccc(Nc3ncc4cc(C#N)c(=O)n(C)c4n3)nc2)CC1. The molecule has 4 heterocycles. The van der Waals surface area contributed by atoms with E-state index in [1.54, 1.807) is 13.2 Å². The summed E-state index contributed by atoms with van der Waals surface area (Å²) in [6.45, 7) is 4.04. The van der Waals surface area contributed by atoms with Gasteiger partial charge in [0, 0.05) is 44.8 Å². The van der Waals surface area contributed by atoms with Crippen LogP contribution < -0.4 is 15.8 Å². The highest BCUT2D eigenvalue weighted by molar-refractivity contribution is 5.77. The third-order valence-electron chi connectivity index (χ3n) is 4.93. The molecule has 1 saturated heterocycles. The van der Waals surface area contributed by atoms with Crippen LogP contribution in [0.15, 0.2) is 35.4 Å². The number of nitrogens with one attached hydrogen (secondary N) is 1. The first-order valence-corrected chi connectivity index (χ1v) is 8.98. The van der Waals surface area contributed by atoms with Crippen molar-refractivity contribution in [2.24, 2.45) is 7.05 Å². The Hall–Kier alpha value is -3.51. The van der Waals surface area contributed by atoms with Crippen molar-refractivity contribution >= 4 is 28.5 Å². The Morgan fingerprint density at radius 2 is 1.89 bits per heavy atom. The molecule has 1 fully saturated rings. The average Bonchev–Trinajstić information content (AvgIpc) is 2.72. The predicted octanol–water partition coefficient (Wildman–Crippen LogP) is 1.09. The van der Waals surface area contributed by atoms with Crippen molar-refractivity contribution in [3.05, 3.63) is 46.5 Å². The van der Waals surface area contributed by atoms with Gasteiger partial charge in [-0.2, -0.15) is 10.2 Å². The van der Waals surface area contributed by atoms with Gasteiger partial charge in [0.05, 0.1) is 11.9 Å². The zero-order valence-corrected chi connectivity index (χ0v) is 15.8. The molecule has 0 unspecified atom stereocenters. The van der Waals surface area contributed by atoms with E-state index in [4.69, 9.17) is 5.26 Å². The van der Waals surface area contributed by atoms with E-state index < -0.39 is 0 Å². The maximum Gasteiger partial charge on any atom is 0.269 e. The van der Waals surface area contributed by atoms with Crippen molar-refractivity contribution in [2.75, 3.05) is 43.4 Å². The first-order chi connectivity index (χ1) is 13.5. The quantitative estimate of drug-likeness (QED) is 0.725. The summed E-state index contributed by atoms with van der Waals surface area (Å²) in [5, 5.41) is 12.7. The van der Waals surface area contributed by atoms with Gasteiger partial charge in [-0.05, 0) is 25.2 Å². The van der Waals surface area contributed by atoms with Crippen molar-refractivity contribution in [2.45, 2.75) is 0 Å². The summed E-state index contributed by atoms with van der Waals surface area (Å²) in [5.41, 5.74) is 1.23. The molecule has 0 amide bonds. The molecule has 3 aromatic heterocycles. The molecule has 0 aliphatic carbocycles. The van der Waals surface area contributed by atoms with Crippen LogP contribution in [0, 0.1) is 11.3 Å². The Kier molecular flexibility index (Phi) is 4.63. The Morgan fingerprint density at radius 3 is 2.57 bits per heavy atom. The number of nitriles is 1. The summed E-state index contributed by atoms with van der Waals surface area (Å²) in [6, 6.07) is 7.31. The van der Waals surface area contributed by atoms with Crippen molar-refractivity contribution in [1.29, 1.82) is 5.26 Å². The maximum absolute atomic E-state index is 12.1. The highest BCUT2D eigenvalue weighted by atomic mass is 16.1. The number of piperazine rings is 1. The molecule has 4 rings (SSSR count). The molecule has 3 aromatic rings. The molecule has 0 saturated carbocycles. The normalized spacial score (nSPS) is 14.8. The molecule has 1 N–H and O–H groups in total. The molecule has 0 atom stereocenters. The zero-order valence-electron chi connectivity index (χ0n) is 15.8. The van der Waals surface area contributed by atoms with Crippen LogP contribution in [-0.2, 0) is 7.05 Å². The lowest BCUT2D eigenvalue weighted by molar-refractivity contribution is 0.313. The van der Waals surface area contributed by atoms with Crippen LogP contribution in [0.25, 0.3) is 11.0 Å².